The molecule has 0 spiro atoms. The molecule has 1 heterocycles. The number of nitrogens with two attached hydrogens (primary N) is 1. The van der Waals surface area contributed by atoms with Gasteiger partial charge in [0.1, 0.15) is 0 Å². The summed E-state index contributed by atoms with van der Waals surface area (Å²) < 4.78 is 5.18. The summed E-state index contributed by atoms with van der Waals surface area (Å²) in [6.07, 6.45) is -0.600. The molecule has 100 valence electrons. The smallest absolute Gasteiger partial charge is 0.254 e. The van der Waals surface area contributed by atoms with E-state index < -0.39 is 6.10 Å². The molecule has 0 radical (unpaired) electrons. The third-order valence-corrected chi connectivity index (χ3v) is 3.45. The fourth-order valence-electron chi connectivity index (χ4n) is 1.80. The summed E-state index contributed by atoms with van der Waals surface area (Å²) in [4.78, 5) is 13.8. The summed E-state index contributed by atoms with van der Waals surface area (Å²) in [5.74, 6) is -0.243. The van der Waals surface area contributed by atoms with Gasteiger partial charge in [0.2, 0.25) is 0 Å². The van der Waals surface area contributed by atoms with E-state index in [0.29, 0.717) is 18.7 Å². The number of morpholine rings is 1. The zero-order valence-corrected chi connectivity index (χ0v) is 11.4. The number of amides is 1. The third-order valence-electron chi connectivity index (χ3n) is 2.82. The predicted molar refractivity (Wildman–Crippen MR) is 72.1 cm³/mol. The van der Waals surface area contributed by atoms with Gasteiger partial charge in [0.15, 0.2) is 6.10 Å². The van der Waals surface area contributed by atoms with E-state index in [9.17, 15) is 4.79 Å². The lowest BCUT2D eigenvalue weighted by Gasteiger charge is -2.29. The summed E-state index contributed by atoms with van der Waals surface area (Å²) >= 11 is 11.8. The molecule has 2 N–H and O–H groups in total. The minimum Gasteiger partial charge on any atom is -0.396 e. The molecule has 1 atom stereocenters. The fourth-order valence-corrected chi connectivity index (χ4v) is 2.29. The molecule has 1 aromatic carbocycles. The summed E-state index contributed by atoms with van der Waals surface area (Å²) in [6.45, 7) is 0.992. The Kier molecular flexibility index (Phi) is 4.15. The highest BCUT2D eigenvalue weighted by atomic mass is 35.5. The zero-order chi connectivity index (χ0) is 14.0. The summed E-state index contributed by atoms with van der Waals surface area (Å²) in [7, 11) is 0. The standard InChI is InChI=1S/C12H11Cl2N3O2/c13-9-3-7(4-10(14)11(9)16)12(18)17-1-2-19-8(5-15)6-17/h3-4,8H,1-2,6,16H2. The molecule has 1 fully saturated rings. The third kappa shape index (κ3) is 2.92. The Labute approximate surface area is 120 Å². The highest BCUT2D eigenvalue weighted by Gasteiger charge is 2.25. The number of anilines is 1. The first-order valence-electron chi connectivity index (χ1n) is 5.58. The van der Waals surface area contributed by atoms with E-state index in [1.165, 1.54) is 17.0 Å². The van der Waals surface area contributed by atoms with E-state index in [4.69, 9.17) is 38.9 Å². The van der Waals surface area contributed by atoms with Crippen LogP contribution in [0.5, 0.6) is 0 Å². The number of nitrogens with zero attached hydrogens (tertiary/aromatic N) is 2. The van der Waals surface area contributed by atoms with Crippen LogP contribution in [-0.2, 0) is 4.74 Å². The number of carbonyl (C=O) groups is 1. The lowest BCUT2D eigenvalue weighted by atomic mass is 10.1. The number of ether oxygens (including phenoxy) is 1. The van der Waals surface area contributed by atoms with Gasteiger partial charge in [-0.25, -0.2) is 0 Å². The van der Waals surface area contributed by atoms with Gasteiger partial charge in [-0.2, -0.15) is 5.26 Å². The van der Waals surface area contributed by atoms with E-state index in [2.05, 4.69) is 0 Å². The van der Waals surface area contributed by atoms with Gasteiger partial charge in [-0.1, -0.05) is 23.2 Å². The highest BCUT2D eigenvalue weighted by Crippen LogP contribution is 2.29. The maximum atomic E-state index is 12.3. The van der Waals surface area contributed by atoms with Crippen molar-refractivity contribution < 1.29 is 9.53 Å². The molecule has 0 saturated carbocycles. The summed E-state index contributed by atoms with van der Waals surface area (Å²) in [5, 5.41) is 9.29. The second-order valence-electron chi connectivity index (χ2n) is 4.09. The Hall–Kier alpha value is -1.48. The Morgan fingerprint density at radius 3 is 2.68 bits per heavy atom. The highest BCUT2D eigenvalue weighted by molar-refractivity contribution is 6.39. The number of nitrogen functional groups attached to an aromatic ring is 1. The Bertz CT molecular complexity index is 533. The van der Waals surface area contributed by atoms with Crippen molar-refractivity contribution in [1.29, 1.82) is 5.26 Å². The molecular formula is C12H11Cl2N3O2. The monoisotopic (exact) mass is 299 g/mol. The normalized spacial score (nSPS) is 19.0. The molecule has 19 heavy (non-hydrogen) atoms. The number of benzene rings is 1. The van der Waals surface area contributed by atoms with Gasteiger partial charge < -0.3 is 15.4 Å². The van der Waals surface area contributed by atoms with Crippen LogP contribution < -0.4 is 5.73 Å². The molecule has 0 aliphatic carbocycles. The second kappa shape index (κ2) is 5.66. The molecule has 1 unspecified atom stereocenters. The van der Waals surface area contributed by atoms with E-state index in [1.807, 2.05) is 6.07 Å². The average Bonchev–Trinajstić information content (AvgIpc) is 2.43. The molecule has 5 nitrogen and oxygen atoms in total. The van der Waals surface area contributed by atoms with Crippen molar-refractivity contribution in [2.45, 2.75) is 6.10 Å². The maximum Gasteiger partial charge on any atom is 0.254 e. The number of nitriles is 1. The van der Waals surface area contributed by atoms with Crippen LogP contribution in [0.3, 0.4) is 0 Å². The number of rotatable bonds is 1. The van der Waals surface area contributed by atoms with Crippen molar-refractivity contribution in [3.8, 4) is 6.07 Å². The van der Waals surface area contributed by atoms with Gasteiger partial charge in [-0.15, -0.1) is 0 Å². The van der Waals surface area contributed by atoms with Gasteiger partial charge in [-0.3, -0.25) is 4.79 Å². The van der Waals surface area contributed by atoms with Crippen LogP contribution in [0.4, 0.5) is 5.69 Å². The van der Waals surface area contributed by atoms with Gasteiger partial charge in [0.05, 0.1) is 35.0 Å². The zero-order valence-electron chi connectivity index (χ0n) is 9.90. The van der Waals surface area contributed by atoms with E-state index in [0.717, 1.165) is 0 Å². The fraction of sp³-hybridized carbons (Fsp3) is 0.333. The van der Waals surface area contributed by atoms with Gasteiger partial charge >= 0.3 is 0 Å². The van der Waals surface area contributed by atoms with Crippen LogP contribution in [0.15, 0.2) is 12.1 Å². The Morgan fingerprint density at radius 1 is 1.47 bits per heavy atom. The molecule has 0 aromatic heterocycles. The predicted octanol–water partition coefficient (Wildman–Crippen LogP) is 1.94. The number of halogens is 2. The van der Waals surface area contributed by atoms with Gasteiger partial charge in [-0.05, 0) is 12.1 Å². The maximum absolute atomic E-state index is 12.3. The van der Waals surface area contributed by atoms with Crippen LogP contribution in [-0.4, -0.2) is 36.6 Å². The quantitative estimate of drug-likeness (QED) is 0.804. The minimum atomic E-state index is -0.600. The summed E-state index contributed by atoms with van der Waals surface area (Å²) in [6, 6.07) is 4.93. The van der Waals surface area contributed by atoms with Crippen molar-refractivity contribution in [2.75, 3.05) is 25.4 Å². The molecule has 0 bridgehead atoms. The average molecular weight is 300 g/mol. The molecule has 7 heteroatoms. The molecule has 1 aromatic rings. The Morgan fingerprint density at radius 2 is 2.11 bits per heavy atom. The van der Waals surface area contributed by atoms with Gasteiger partial charge in [0.25, 0.3) is 5.91 Å². The molecule has 1 amide bonds. The molecule has 1 saturated heterocycles. The number of hydrogen-bond donors (Lipinski definition) is 1. The first-order chi connectivity index (χ1) is 9.02. The number of carbonyl (C=O) groups excluding carboxylic acids is 1. The van der Waals surface area contributed by atoms with Crippen molar-refractivity contribution >= 4 is 34.8 Å². The largest absolute Gasteiger partial charge is 0.396 e. The Balaban J connectivity index is 2.22. The van der Waals surface area contributed by atoms with Crippen LogP contribution >= 0.6 is 23.2 Å². The van der Waals surface area contributed by atoms with E-state index >= 15 is 0 Å². The topological polar surface area (TPSA) is 79.4 Å². The van der Waals surface area contributed by atoms with E-state index in [-0.39, 0.29) is 28.2 Å². The van der Waals surface area contributed by atoms with Crippen molar-refractivity contribution in [2.24, 2.45) is 0 Å². The van der Waals surface area contributed by atoms with Gasteiger partial charge in [0, 0.05) is 12.1 Å². The van der Waals surface area contributed by atoms with Crippen LogP contribution in [0, 0.1) is 11.3 Å². The van der Waals surface area contributed by atoms with Crippen LogP contribution in [0.1, 0.15) is 10.4 Å². The lowest BCUT2D eigenvalue weighted by molar-refractivity contribution is 0.00347. The first kappa shape index (κ1) is 13.9. The van der Waals surface area contributed by atoms with E-state index in [1.54, 1.807) is 0 Å². The van der Waals surface area contributed by atoms with Crippen LogP contribution in [0.2, 0.25) is 10.0 Å². The molecule has 1 aliphatic rings. The molecule has 2 rings (SSSR count). The second-order valence-corrected chi connectivity index (χ2v) is 4.91. The van der Waals surface area contributed by atoms with Crippen molar-refractivity contribution in [1.82, 2.24) is 4.90 Å². The van der Waals surface area contributed by atoms with Crippen molar-refractivity contribution in [3.05, 3.63) is 27.7 Å². The lowest BCUT2D eigenvalue weighted by Crippen LogP contribution is -2.45. The SMILES string of the molecule is N#CC1CN(C(=O)c2cc(Cl)c(N)c(Cl)c2)CCO1. The van der Waals surface area contributed by atoms with Crippen molar-refractivity contribution in [3.63, 3.8) is 0 Å². The first-order valence-corrected chi connectivity index (χ1v) is 6.33. The minimum absolute atomic E-state index is 0.231. The summed E-state index contributed by atoms with van der Waals surface area (Å²) in [5.41, 5.74) is 6.22. The van der Waals surface area contributed by atoms with Crippen LogP contribution in [0.25, 0.3) is 0 Å². The number of hydrogen-bond acceptors (Lipinski definition) is 4. The molecule has 1 aliphatic heterocycles. The molecular weight excluding hydrogens is 289 g/mol.